The van der Waals surface area contributed by atoms with Crippen molar-refractivity contribution in [3.63, 3.8) is 0 Å². The molecular weight excluding hydrogens is 282 g/mol. The van der Waals surface area contributed by atoms with E-state index in [-0.39, 0.29) is 5.91 Å². The fourth-order valence-electron chi connectivity index (χ4n) is 0.822. The molecule has 0 spiro atoms. The SMILES string of the molecule is O=C(Nc1cnc(Br)cn1)c1cnns1. The highest BCUT2D eigenvalue weighted by Gasteiger charge is 2.09. The van der Waals surface area contributed by atoms with E-state index in [1.54, 1.807) is 0 Å². The molecule has 0 saturated carbocycles. The predicted octanol–water partition coefficient (Wildman–Crippen LogP) is 1.34. The molecule has 8 heteroatoms. The fraction of sp³-hybridized carbons (Fsp3) is 0. The molecule has 0 bridgehead atoms. The van der Waals surface area contributed by atoms with Gasteiger partial charge in [-0.15, -0.1) is 5.10 Å². The number of rotatable bonds is 2. The lowest BCUT2D eigenvalue weighted by molar-refractivity contribution is 0.103. The van der Waals surface area contributed by atoms with Crippen LogP contribution in [-0.4, -0.2) is 25.5 Å². The second-order valence-electron chi connectivity index (χ2n) is 2.46. The van der Waals surface area contributed by atoms with E-state index in [0.29, 0.717) is 15.3 Å². The summed E-state index contributed by atoms with van der Waals surface area (Å²) in [7, 11) is 0. The first-order chi connectivity index (χ1) is 7.25. The Kier molecular flexibility index (Phi) is 2.97. The van der Waals surface area contributed by atoms with Gasteiger partial charge in [-0.2, -0.15) is 0 Å². The summed E-state index contributed by atoms with van der Waals surface area (Å²) in [6.07, 6.45) is 4.35. The van der Waals surface area contributed by atoms with Crippen molar-refractivity contribution in [2.45, 2.75) is 0 Å². The molecule has 6 nitrogen and oxygen atoms in total. The zero-order chi connectivity index (χ0) is 10.7. The van der Waals surface area contributed by atoms with E-state index in [0.717, 1.165) is 11.5 Å². The van der Waals surface area contributed by atoms with Crippen molar-refractivity contribution >= 4 is 39.2 Å². The zero-order valence-electron chi connectivity index (χ0n) is 7.22. The maximum absolute atomic E-state index is 11.5. The van der Waals surface area contributed by atoms with Crippen LogP contribution >= 0.6 is 27.5 Å². The third-order valence-electron chi connectivity index (χ3n) is 1.45. The van der Waals surface area contributed by atoms with Crippen LogP contribution in [0.5, 0.6) is 0 Å². The first kappa shape index (κ1) is 10.1. The largest absolute Gasteiger partial charge is 0.304 e. The molecule has 0 atom stereocenters. The van der Waals surface area contributed by atoms with Gasteiger partial charge in [0.05, 0.1) is 18.6 Å². The van der Waals surface area contributed by atoms with Crippen molar-refractivity contribution in [2.24, 2.45) is 0 Å². The number of nitrogens with zero attached hydrogens (tertiary/aromatic N) is 4. The minimum Gasteiger partial charge on any atom is -0.304 e. The molecule has 15 heavy (non-hydrogen) atoms. The second-order valence-corrected chi connectivity index (χ2v) is 4.06. The molecule has 0 aromatic carbocycles. The maximum atomic E-state index is 11.5. The van der Waals surface area contributed by atoms with E-state index in [2.05, 4.69) is 40.8 Å². The lowest BCUT2D eigenvalue weighted by Gasteiger charge is -2.00. The number of anilines is 1. The summed E-state index contributed by atoms with van der Waals surface area (Å²) < 4.78 is 4.20. The van der Waals surface area contributed by atoms with Gasteiger partial charge in [0.25, 0.3) is 5.91 Å². The molecule has 0 fully saturated rings. The highest BCUT2D eigenvalue weighted by molar-refractivity contribution is 9.10. The summed E-state index contributed by atoms with van der Waals surface area (Å²) >= 11 is 4.17. The van der Waals surface area contributed by atoms with Gasteiger partial charge in [-0.05, 0) is 27.5 Å². The minimum absolute atomic E-state index is 0.290. The monoisotopic (exact) mass is 285 g/mol. The van der Waals surface area contributed by atoms with Crippen LogP contribution in [-0.2, 0) is 0 Å². The highest BCUT2D eigenvalue weighted by Crippen LogP contribution is 2.09. The topological polar surface area (TPSA) is 80.7 Å². The van der Waals surface area contributed by atoms with E-state index < -0.39 is 0 Å². The summed E-state index contributed by atoms with van der Waals surface area (Å²) in [5.74, 6) is 0.0956. The van der Waals surface area contributed by atoms with Crippen LogP contribution in [0, 0.1) is 0 Å². The summed E-state index contributed by atoms with van der Waals surface area (Å²) in [6.45, 7) is 0. The molecule has 2 rings (SSSR count). The number of nitrogens with one attached hydrogen (secondary N) is 1. The first-order valence-electron chi connectivity index (χ1n) is 3.82. The van der Waals surface area contributed by atoms with Crippen LogP contribution in [0.25, 0.3) is 0 Å². The van der Waals surface area contributed by atoms with Crippen LogP contribution < -0.4 is 5.32 Å². The minimum atomic E-state index is -0.290. The molecule has 2 aromatic rings. The van der Waals surface area contributed by atoms with Crippen molar-refractivity contribution in [3.8, 4) is 0 Å². The molecule has 76 valence electrons. The molecular formula is C7H4BrN5OS. The predicted molar refractivity (Wildman–Crippen MR) is 57.6 cm³/mol. The van der Waals surface area contributed by atoms with Crippen LogP contribution in [0.4, 0.5) is 5.82 Å². The molecule has 1 N–H and O–H groups in total. The Bertz CT molecular complexity index is 457. The summed E-state index contributed by atoms with van der Waals surface area (Å²) in [6, 6.07) is 0. The van der Waals surface area contributed by atoms with E-state index in [9.17, 15) is 4.79 Å². The molecule has 2 heterocycles. The van der Waals surface area contributed by atoms with Gasteiger partial charge < -0.3 is 5.32 Å². The number of aromatic nitrogens is 4. The fourth-order valence-corrected chi connectivity index (χ4v) is 1.44. The first-order valence-corrected chi connectivity index (χ1v) is 5.38. The third kappa shape index (κ3) is 2.54. The van der Waals surface area contributed by atoms with E-state index >= 15 is 0 Å². The van der Waals surface area contributed by atoms with Crippen molar-refractivity contribution in [1.29, 1.82) is 0 Å². The Hall–Kier alpha value is -1.41. The number of amides is 1. The smallest absolute Gasteiger partial charge is 0.270 e. The number of carbonyl (C=O) groups is 1. The lowest BCUT2D eigenvalue weighted by Crippen LogP contribution is -2.11. The van der Waals surface area contributed by atoms with E-state index in [4.69, 9.17) is 0 Å². The Morgan fingerprint density at radius 1 is 1.33 bits per heavy atom. The van der Waals surface area contributed by atoms with Gasteiger partial charge in [-0.1, -0.05) is 4.49 Å². The Morgan fingerprint density at radius 2 is 2.20 bits per heavy atom. The number of hydrogen-bond acceptors (Lipinski definition) is 6. The molecule has 0 aliphatic carbocycles. The second kappa shape index (κ2) is 4.41. The van der Waals surface area contributed by atoms with Gasteiger partial charge in [0.1, 0.15) is 9.48 Å². The summed E-state index contributed by atoms with van der Waals surface area (Å²) in [4.78, 5) is 19.8. The third-order valence-corrected chi connectivity index (χ3v) is 2.52. The number of carbonyl (C=O) groups excluding carboxylic acids is 1. The molecule has 0 saturated heterocycles. The van der Waals surface area contributed by atoms with E-state index in [1.807, 2.05) is 0 Å². The van der Waals surface area contributed by atoms with Gasteiger partial charge in [-0.25, -0.2) is 9.97 Å². The van der Waals surface area contributed by atoms with Gasteiger partial charge in [0, 0.05) is 0 Å². The van der Waals surface area contributed by atoms with Crippen LogP contribution in [0.2, 0.25) is 0 Å². The molecule has 0 aliphatic rings. The highest BCUT2D eigenvalue weighted by atomic mass is 79.9. The summed E-state index contributed by atoms with van der Waals surface area (Å²) in [5.41, 5.74) is 0. The average Bonchev–Trinajstić information content (AvgIpc) is 2.74. The van der Waals surface area contributed by atoms with Gasteiger partial charge in [0.15, 0.2) is 5.82 Å². The Morgan fingerprint density at radius 3 is 2.80 bits per heavy atom. The lowest BCUT2D eigenvalue weighted by atomic mass is 10.5. The molecule has 0 unspecified atom stereocenters. The van der Waals surface area contributed by atoms with E-state index in [1.165, 1.54) is 18.6 Å². The van der Waals surface area contributed by atoms with Crippen LogP contribution in [0.3, 0.4) is 0 Å². The normalized spacial score (nSPS) is 9.93. The Balaban J connectivity index is 2.09. The standard InChI is InChI=1S/C7H4BrN5OS/c8-5-2-10-6(3-9-5)12-7(14)4-1-11-13-15-4/h1-3H,(H,10,12,14). The van der Waals surface area contributed by atoms with Crippen molar-refractivity contribution in [1.82, 2.24) is 19.6 Å². The van der Waals surface area contributed by atoms with Crippen molar-refractivity contribution in [3.05, 3.63) is 28.1 Å². The van der Waals surface area contributed by atoms with Crippen molar-refractivity contribution in [2.75, 3.05) is 5.32 Å². The maximum Gasteiger partial charge on any atom is 0.270 e. The van der Waals surface area contributed by atoms with Gasteiger partial charge in [0.2, 0.25) is 0 Å². The molecule has 2 aromatic heterocycles. The van der Waals surface area contributed by atoms with Crippen LogP contribution in [0.1, 0.15) is 9.67 Å². The quantitative estimate of drug-likeness (QED) is 0.901. The zero-order valence-corrected chi connectivity index (χ0v) is 9.62. The van der Waals surface area contributed by atoms with Crippen molar-refractivity contribution < 1.29 is 4.79 Å². The van der Waals surface area contributed by atoms with Gasteiger partial charge in [-0.3, -0.25) is 4.79 Å². The molecule has 0 aliphatic heterocycles. The Labute approximate surface area is 97.1 Å². The van der Waals surface area contributed by atoms with Crippen LogP contribution in [0.15, 0.2) is 23.2 Å². The molecule has 0 radical (unpaired) electrons. The molecule has 1 amide bonds. The number of hydrogen-bond donors (Lipinski definition) is 1. The average molecular weight is 286 g/mol. The number of halogens is 1. The van der Waals surface area contributed by atoms with Gasteiger partial charge >= 0.3 is 0 Å². The summed E-state index contributed by atoms with van der Waals surface area (Å²) in [5, 5.41) is 6.13.